The van der Waals surface area contributed by atoms with Crippen LogP contribution in [0.5, 0.6) is 11.5 Å². The molecule has 58 heavy (non-hydrogen) atoms. The highest BCUT2D eigenvalue weighted by molar-refractivity contribution is 6.31. The van der Waals surface area contributed by atoms with Crippen molar-refractivity contribution in [2.45, 2.75) is 31.6 Å². The molecule has 0 radical (unpaired) electrons. The first-order valence-electron chi connectivity index (χ1n) is 19.3. The summed E-state index contributed by atoms with van der Waals surface area (Å²) >= 11 is 24.1. The summed E-state index contributed by atoms with van der Waals surface area (Å²) in [6.07, 6.45) is 1.99. The minimum absolute atomic E-state index is 0.00838. The SMILES string of the molecule is CNCC(c1ccc(Cl)cc1)c1ccc(Cl)cc1.Cc1ccc(OCC(=O)COc2ccc(CCCN(C)CC(c3ccc(Cl)cc3)c3ccc(Cl)cc3)cc2)cc1. The zero-order valence-corrected chi connectivity index (χ0v) is 36.2. The number of carbonyl (C=O) groups is 1. The van der Waals surface area contributed by atoms with E-state index >= 15 is 0 Å². The first-order chi connectivity index (χ1) is 28.1. The number of hydrogen-bond donors (Lipinski definition) is 1. The molecule has 6 rings (SSSR count). The average Bonchev–Trinajstić information content (AvgIpc) is 3.23. The largest absolute Gasteiger partial charge is 0.486 e. The number of ether oxygens (including phenoxy) is 2. The molecule has 6 aromatic rings. The van der Waals surface area contributed by atoms with Gasteiger partial charge in [-0.05, 0) is 141 Å². The molecule has 0 aliphatic heterocycles. The molecule has 0 aromatic heterocycles. The van der Waals surface area contributed by atoms with Crippen molar-refractivity contribution in [3.05, 3.63) is 199 Å². The van der Waals surface area contributed by atoms with E-state index in [4.69, 9.17) is 55.9 Å². The molecule has 302 valence electrons. The standard InChI is InChI=1S/C34H35Cl2NO3.C15H15Cl2N/c1-25-5-17-32(18-6-25)39-23-31(38)24-40-33-19-7-26(8-20-33)4-3-21-37(2)22-34(27-9-13-29(35)14-10-27)28-11-15-30(36)16-12-28;1-18-10-15(11-2-6-13(16)7-3-11)12-4-8-14(17)9-5-12/h5-20,34H,3-4,21-24H2,1-2H3;2-9,15,18H,10H2,1H3. The van der Waals surface area contributed by atoms with E-state index in [1.54, 1.807) is 0 Å². The van der Waals surface area contributed by atoms with Crippen molar-refractivity contribution in [3.63, 3.8) is 0 Å². The van der Waals surface area contributed by atoms with Gasteiger partial charge in [-0.15, -0.1) is 0 Å². The fourth-order valence-corrected chi connectivity index (χ4v) is 7.03. The summed E-state index contributed by atoms with van der Waals surface area (Å²) in [5.74, 6) is 1.78. The van der Waals surface area contributed by atoms with Gasteiger partial charge < -0.3 is 19.7 Å². The van der Waals surface area contributed by atoms with E-state index in [0.717, 1.165) is 58.1 Å². The number of nitrogens with one attached hydrogen (secondary N) is 1. The van der Waals surface area contributed by atoms with Crippen LogP contribution in [0.2, 0.25) is 20.1 Å². The molecule has 0 aliphatic carbocycles. The van der Waals surface area contributed by atoms with Gasteiger partial charge >= 0.3 is 0 Å². The fraction of sp³-hybridized carbons (Fsp3) is 0.245. The van der Waals surface area contributed by atoms with Crippen LogP contribution >= 0.6 is 46.4 Å². The number of benzene rings is 6. The minimum Gasteiger partial charge on any atom is -0.486 e. The molecule has 0 amide bonds. The van der Waals surface area contributed by atoms with Crippen LogP contribution in [0.15, 0.2) is 146 Å². The van der Waals surface area contributed by atoms with E-state index in [1.165, 1.54) is 27.8 Å². The maximum absolute atomic E-state index is 12.1. The maximum Gasteiger partial charge on any atom is 0.207 e. The summed E-state index contributed by atoms with van der Waals surface area (Å²) in [6, 6.07) is 47.8. The molecule has 0 saturated heterocycles. The molecule has 0 saturated carbocycles. The van der Waals surface area contributed by atoms with Crippen LogP contribution in [0.25, 0.3) is 0 Å². The summed E-state index contributed by atoms with van der Waals surface area (Å²) in [4.78, 5) is 14.5. The van der Waals surface area contributed by atoms with Crippen LogP contribution in [0.3, 0.4) is 0 Å². The zero-order valence-electron chi connectivity index (χ0n) is 33.1. The number of aryl methyl sites for hydroxylation is 2. The second kappa shape index (κ2) is 23.3. The normalized spacial score (nSPS) is 11.1. The second-order valence-corrected chi connectivity index (χ2v) is 16.1. The van der Waals surface area contributed by atoms with E-state index in [1.807, 2.05) is 98.9 Å². The smallest absolute Gasteiger partial charge is 0.207 e. The number of ketones is 1. The van der Waals surface area contributed by atoms with Gasteiger partial charge in [-0.3, -0.25) is 4.79 Å². The first kappa shape index (κ1) is 44.8. The monoisotopic (exact) mass is 854 g/mol. The van der Waals surface area contributed by atoms with Crippen molar-refractivity contribution in [1.82, 2.24) is 10.2 Å². The van der Waals surface area contributed by atoms with Gasteiger partial charge in [-0.25, -0.2) is 0 Å². The Morgan fingerprint density at radius 3 is 1.34 bits per heavy atom. The number of nitrogens with zero attached hydrogens (tertiary/aromatic N) is 1. The fourth-order valence-electron chi connectivity index (χ4n) is 6.53. The molecular formula is C49H50Cl4N2O3. The molecule has 1 N–H and O–H groups in total. The van der Waals surface area contributed by atoms with E-state index in [9.17, 15) is 4.79 Å². The van der Waals surface area contributed by atoms with Crippen molar-refractivity contribution < 1.29 is 14.3 Å². The van der Waals surface area contributed by atoms with Gasteiger partial charge in [0.1, 0.15) is 24.7 Å². The predicted octanol–water partition coefficient (Wildman–Crippen LogP) is 12.4. The molecule has 9 heteroatoms. The summed E-state index contributed by atoms with van der Waals surface area (Å²) < 4.78 is 11.2. The highest BCUT2D eigenvalue weighted by Gasteiger charge is 2.17. The Bertz CT molecular complexity index is 2020. The predicted molar refractivity (Wildman–Crippen MR) is 243 cm³/mol. The molecule has 0 unspecified atom stereocenters. The molecule has 0 heterocycles. The summed E-state index contributed by atoms with van der Waals surface area (Å²) in [5, 5.41) is 6.23. The number of hydrogen-bond acceptors (Lipinski definition) is 5. The third kappa shape index (κ3) is 14.8. The number of carbonyl (C=O) groups excluding carboxylic acids is 1. The Hall–Kier alpha value is -4.33. The summed E-state index contributed by atoms with van der Waals surface area (Å²) in [5.41, 5.74) is 7.34. The maximum atomic E-state index is 12.1. The molecular weight excluding hydrogens is 806 g/mol. The van der Waals surface area contributed by atoms with E-state index < -0.39 is 0 Å². The molecule has 0 bridgehead atoms. The second-order valence-electron chi connectivity index (χ2n) is 14.3. The Morgan fingerprint density at radius 1 is 0.569 bits per heavy atom. The Balaban J connectivity index is 0.000000296. The van der Waals surface area contributed by atoms with Crippen LogP contribution in [0.4, 0.5) is 0 Å². The lowest BCUT2D eigenvalue weighted by Gasteiger charge is -2.25. The Kier molecular flexibility index (Phi) is 18.0. The number of halogens is 4. The minimum atomic E-state index is -0.108. The number of likely N-dealkylation sites (N-methyl/N-ethyl adjacent to an activating group) is 2. The van der Waals surface area contributed by atoms with Gasteiger partial charge in [0.15, 0.2) is 0 Å². The van der Waals surface area contributed by atoms with Gasteiger partial charge in [0, 0.05) is 45.0 Å². The molecule has 0 fully saturated rings. The highest BCUT2D eigenvalue weighted by atomic mass is 35.5. The number of Topliss-reactive ketones (excluding diaryl/α,β-unsaturated/α-hetero) is 1. The van der Waals surface area contributed by atoms with Crippen LogP contribution in [0.1, 0.15) is 51.6 Å². The van der Waals surface area contributed by atoms with E-state index in [2.05, 4.69) is 77.9 Å². The molecule has 6 aromatic carbocycles. The van der Waals surface area contributed by atoms with Crippen LogP contribution in [0, 0.1) is 6.92 Å². The van der Waals surface area contributed by atoms with Crippen molar-refractivity contribution in [1.29, 1.82) is 0 Å². The highest BCUT2D eigenvalue weighted by Crippen LogP contribution is 2.29. The van der Waals surface area contributed by atoms with Crippen LogP contribution in [-0.4, -0.2) is 57.6 Å². The molecule has 5 nitrogen and oxygen atoms in total. The van der Waals surface area contributed by atoms with Gasteiger partial charge in [-0.2, -0.15) is 0 Å². The Morgan fingerprint density at radius 2 is 0.948 bits per heavy atom. The van der Waals surface area contributed by atoms with Gasteiger partial charge in [-0.1, -0.05) is 125 Å². The first-order valence-corrected chi connectivity index (χ1v) is 20.9. The lowest BCUT2D eigenvalue weighted by molar-refractivity contribution is -0.123. The zero-order chi connectivity index (χ0) is 41.3. The van der Waals surface area contributed by atoms with Gasteiger partial charge in [0.25, 0.3) is 0 Å². The third-order valence-corrected chi connectivity index (χ3v) is 10.7. The summed E-state index contributed by atoms with van der Waals surface area (Å²) in [7, 11) is 4.12. The van der Waals surface area contributed by atoms with Crippen molar-refractivity contribution in [2.75, 3.05) is 46.9 Å². The summed E-state index contributed by atoms with van der Waals surface area (Å²) in [6.45, 7) is 4.71. The van der Waals surface area contributed by atoms with Crippen molar-refractivity contribution in [3.8, 4) is 11.5 Å². The Labute approximate surface area is 363 Å². The molecule has 0 aliphatic rings. The van der Waals surface area contributed by atoms with Crippen molar-refractivity contribution >= 4 is 52.2 Å². The van der Waals surface area contributed by atoms with Gasteiger partial charge in [0.05, 0.1) is 0 Å². The third-order valence-electron chi connectivity index (χ3n) is 9.74. The topological polar surface area (TPSA) is 50.8 Å². The lowest BCUT2D eigenvalue weighted by Crippen LogP contribution is -2.26. The lowest BCUT2D eigenvalue weighted by atomic mass is 9.91. The average molecular weight is 857 g/mol. The van der Waals surface area contributed by atoms with Gasteiger partial charge in [0.2, 0.25) is 5.78 Å². The van der Waals surface area contributed by atoms with Crippen LogP contribution in [-0.2, 0) is 11.2 Å². The molecule has 0 atom stereocenters. The van der Waals surface area contributed by atoms with E-state index in [-0.39, 0.29) is 24.9 Å². The van der Waals surface area contributed by atoms with E-state index in [0.29, 0.717) is 17.4 Å². The van der Waals surface area contributed by atoms with Crippen molar-refractivity contribution in [2.24, 2.45) is 0 Å². The number of rotatable bonds is 18. The van der Waals surface area contributed by atoms with Crippen LogP contribution < -0.4 is 14.8 Å². The molecule has 0 spiro atoms. The quantitative estimate of drug-likeness (QED) is 0.0933.